The van der Waals surface area contributed by atoms with Crippen LogP contribution >= 0.6 is 0 Å². The zero-order valence-corrected chi connectivity index (χ0v) is 42.6. The number of fused-ring (bicyclic) bond motifs is 2. The number of anilines is 7. The van der Waals surface area contributed by atoms with E-state index in [4.69, 9.17) is 20.9 Å². The van der Waals surface area contributed by atoms with E-state index in [-0.39, 0.29) is 46.5 Å². The minimum Gasteiger partial charge on any atom is -0.508 e. The number of nitrogens with zero attached hydrogens (tertiary/aromatic N) is 9. The Balaban J connectivity index is 0.717. The van der Waals surface area contributed by atoms with E-state index in [0.29, 0.717) is 52.5 Å². The molecule has 5 aromatic rings. The molecule has 5 heterocycles. The van der Waals surface area contributed by atoms with Crippen molar-refractivity contribution >= 4 is 63.9 Å². The number of likely N-dealkylation sites (tertiary alicyclic amines) is 1. The molecule has 0 atom stereocenters. The fourth-order valence-electron chi connectivity index (χ4n) is 10.7. The van der Waals surface area contributed by atoms with E-state index in [1.807, 2.05) is 81.2 Å². The summed E-state index contributed by atoms with van der Waals surface area (Å²) in [4.78, 5) is 63.2. The summed E-state index contributed by atoms with van der Waals surface area (Å²) in [5.41, 5.74) is 11.6. The summed E-state index contributed by atoms with van der Waals surface area (Å²) in [7, 11) is 3.64. The van der Waals surface area contributed by atoms with Gasteiger partial charge in [-0.3, -0.25) is 19.9 Å². The molecule has 18 nitrogen and oxygen atoms in total. The third-order valence-corrected chi connectivity index (χ3v) is 14.9. The number of primary amides is 1. The predicted molar refractivity (Wildman–Crippen MR) is 285 cm³/mol. The van der Waals surface area contributed by atoms with Crippen LogP contribution in [0.2, 0.25) is 0 Å². The van der Waals surface area contributed by atoms with E-state index in [0.717, 1.165) is 119 Å². The molecule has 3 fully saturated rings. The first-order chi connectivity index (χ1) is 35.2. The number of piperazine rings is 1. The monoisotopic (exact) mass is 993 g/mol. The molecule has 0 aliphatic carbocycles. The number of hydrogen-bond acceptors (Lipinski definition) is 14. The molecule has 3 saturated heterocycles. The van der Waals surface area contributed by atoms with Crippen molar-refractivity contribution in [2.45, 2.75) is 58.9 Å². The number of aromatic nitrogens is 2. The van der Waals surface area contributed by atoms with Crippen LogP contribution in [0.1, 0.15) is 79.4 Å². The molecule has 4 aliphatic rings. The second kappa shape index (κ2) is 21.7. The first kappa shape index (κ1) is 50.5. The number of urea groups is 1. The minimum absolute atomic E-state index is 0.0165. The first-order valence-electron chi connectivity index (χ1n) is 25.5. The standard InChI is InChI=1S/C55H68N12O6/c1-6-73-49-29-40(15-16-44(49)59-55-58-32-46-51(60-55)61(4)45-10-8-7-9-41(45)53(71)62(46)5)65-23-19-38(20-24-65)52(70)66-21-17-37(18-22-66)34-64-27-25-63(26-28-64)33-36-11-13-39(14-12-36)67(54(57)72)50(56)43-30-42(35(2)3)47(68)31-48(43)69/h7-16,29-32,35,37-38,56,68-69H,6,17-28,33-34H2,1-5H3,(H2,57,72)(H,58,59,60). The topological polar surface area (TPSA) is 211 Å². The van der Waals surface area contributed by atoms with Crippen molar-refractivity contribution in [3.63, 3.8) is 0 Å². The number of phenols is 2. The lowest BCUT2D eigenvalue weighted by Crippen LogP contribution is -2.49. The van der Waals surface area contributed by atoms with Gasteiger partial charge in [0, 0.05) is 103 Å². The maximum atomic E-state index is 13.9. The number of hydrogen-bond donors (Lipinski definition) is 5. The van der Waals surface area contributed by atoms with Crippen molar-refractivity contribution in [3.8, 4) is 17.2 Å². The summed E-state index contributed by atoms with van der Waals surface area (Å²) >= 11 is 0. The largest absolute Gasteiger partial charge is 0.508 e. The number of aromatic hydroxyl groups is 2. The highest BCUT2D eigenvalue weighted by Crippen LogP contribution is 2.40. The second-order valence-corrected chi connectivity index (χ2v) is 20.0. The highest BCUT2D eigenvalue weighted by atomic mass is 16.5. The highest BCUT2D eigenvalue weighted by molar-refractivity contribution is 6.22. The zero-order chi connectivity index (χ0) is 51.5. The van der Waals surface area contributed by atoms with E-state index in [1.54, 1.807) is 30.3 Å². The average Bonchev–Trinajstić information content (AvgIpc) is 3.46. The van der Waals surface area contributed by atoms with Crippen LogP contribution in [0.4, 0.5) is 45.0 Å². The number of benzene rings is 4. The fraction of sp³-hybridized carbons (Fsp3) is 0.418. The number of para-hydroxylation sites is 1. The van der Waals surface area contributed by atoms with Gasteiger partial charge in [0.25, 0.3) is 5.91 Å². The van der Waals surface area contributed by atoms with Gasteiger partial charge < -0.3 is 50.5 Å². The summed E-state index contributed by atoms with van der Waals surface area (Å²) in [5.74, 6) is 1.70. The van der Waals surface area contributed by atoms with Gasteiger partial charge in [0.2, 0.25) is 11.9 Å². The first-order valence-corrected chi connectivity index (χ1v) is 25.5. The number of ether oxygens (including phenoxy) is 1. The number of amides is 4. The lowest BCUT2D eigenvalue weighted by Gasteiger charge is -2.40. The molecular formula is C55H68N12O6. The predicted octanol–water partition coefficient (Wildman–Crippen LogP) is 7.69. The second-order valence-electron chi connectivity index (χ2n) is 20.0. The van der Waals surface area contributed by atoms with E-state index < -0.39 is 6.03 Å². The van der Waals surface area contributed by atoms with Crippen LogP contribution in [0.25, 0.3) is 0 Å². The quantitative estimate of drug-likeness (QED) is 0.0567. The van der Waals surface area contributed by atoms with Gasteiger partial charge in [0.15, 0.2) is 5.82 Å². The SMILES string of the molecule is CCOc1cc(N2CCC(C(=O)N3CCC(CN4CCN(Cc5ccc(N(C(=N)c6cc(C(C)C)c(O)cc6O)C(N)=O)cc5)CC4)CC3)CC2)ccc1Nc1ncc2c(n1)N(C)c1ccccc1C(=O)N2C. The van der Waals surface area contributed by atoms with Gasteiger partial charge in [-0.2, -0.15) is 4.98 Å². The third-order valence-electron chi connectivity index (χ3n) is 14.9. The highest BCUT2D eigenvalue weighted by Gasteiger charge is 2.33. The summed E-state index contributed by atoms with van der Waals surface area (Å²) in [6, 6.07) is 22.9. The molecule has 4 aliphatic heterocycles. The summed E-state index contributed by atoms with van der Waals surface area (Å²) in [5, 5.41) is 33.0. The number of rotatable bonds is 13. The van der Waals surface area contributed by atoms with Crippen LogP contribution in [0.3, 0.4) is 0 Å². The number of carbonyl (C=O) groups excluding carboxylic acids is 3. The number of nitrogens with one attached hydrogen (secondary N) is 2. The van der Waals surface area contributed by atoms with E-state index in [1.165, 1.54) is 12.1 Å². The van der Waals surface area contributed by atoms with Crippen molar-refractivity contribution < 1.29 is 29.3 Å². The molecule has 4 aromatic carbocycles. The zero-order valence-electron chi connectivity index (χ0n) is 42.6. The van der Waals surface area contributed by atoms with Crippen LogP contribution in [0.15, 0.2) is 85.1 Å². The third kappa shape index (κ3) is 10.9. The Kier molecular flexibility index (Phi) is 15.0. The molecule has 73 heavy (non-hydrogen) atoms. The molecule has 0 spiro atoms. The Morgan fingerprint density at radius 1 is 0.849 bits per heavy atom. The normalized spacial score (nSPS) is 17.0. The lowest BCUT2D eigenvalue weighted by molar-refractivity contribution is -0.137. The van der Waals surface area contributed by atoms with Crippen molar-refractivity contribution in [1.82, 2.24) is 24.7 Å². The Labute approximate surface area is 427 Å². The van der Waals surface area contributed by atoms with Crippen LogP contribution in [-0.4, -0.2) is 138 Å². The summed E-state index contributed by atoms with van der Waals surface area (Å²) in [6.45, 7) is 15.0. The molecular weight excluding hydrogens is 925 g/mol. The van der Waals surface area contributed by atoms with Crippen LogP contribution in [0, 0.1) is 17.2 Å². The van der Waals surface area contributed by atoms with Gasteiger partial charge in [-0.05, 0) is 98.0 Å². The molecule has 0 radical (unpaired) electrons. The molecule has 0 unspecified atom stereocenters. The smallest absolute Gasteiger partial charge is 0.325 e. The van der Waals surface area contributed by atoms with Gasteiger partial charge >= 0.3 is 6.03 Å². The van der Waals surface area contributed by atoms with Crippen LogP contribution in [-0.2, 0) is 11.3 Å². The Morgan fingerprint density at radius 2 is 1.55 bits per heavy atom. The number of nitrogens with two attached hydrogens (primary N) is 1. The molecule has 384 valence electrons. The molecule has 1 aromatic heterocycles. The number of piperidine rings is 2. The molecule has 4 amide bonds. The number of phenolic OH excluding ortho intramolecular Hbond substituents is 2. The van der Waals surface area contributed by atoms with Crippen molar-refractivity contribution in [2.75, 3.05) is 105 Å². The Hall–Kier alpha value is -7.44. The van der Waals surface area contributed by atoms with E-state index >= 15 is 0 Å². The summed E-state index contributed by atoms with van der Waals surface area (Å²) < 4.78 is 6.13. The van der Waals surface area contributed by atoms with Gasteiger partial charge in [0.1, 0.15) is 28.8 Å². The van der Waals surface area contributed by atoms with Gasteiger partial charge in [0.05, 0.1) is 41.0 Å². The van der Waals surface area contributed by atoms with Crippen LogP contribution < -0.4 is 35.4 Å². The van der Waals surface area contributed by atoms with Crippen molar-refractivity contribution in [2.24, 2.45) is 17.6 Å². The van der Waals surface area contributed by atoms with Crippen molar-refractivity contribution in [1.29, 1.82) is 5.41 Å². The van der Waals surface area contributed by atoms with E-state index in [2.05, 4.69) is 36.0 Å². The minimum atomic E-state index is -0.848. The van der Waals surface area contributed by atoms with Gasteiger partial charge in [-0.1, -0.05) is 38.1 Å². The Morgan fingerprint density at radius 3 is 2.23 bits per heavy atom. The number of carbonyl (C=O) groups is 3. The lowest BCUT2D eigenvalue weighted by atomic mass is 9.91. The molecule has 18 heteroatoms. The molecule has 6 N–H and O–H groups in total. The van der Waals surface area contributed by atoms with E-state index in [9.17, 15) is 24.6 Å². The van der Waals surface area contributed by atoms with Crippen molar-refractivity contribution in [3.05, 3.63) is 107 Å². The fourth-order valence-corrected chi connectivity index (χ4v) is 10.7. The molecule has 9 rings (SSSR count). The summed E-state index contributed by atoms with van der Waals surface area (Å²) in [6.07, 6.45) is 5.30. The van der Waals surface area contributed by atoms with Crippen LogP contribution in [0.5, 0.6) is 17.2 Å². The van der Waals surface area contributed by atoms with Gasteiger partial charge in [-0.25, -0.2) is 14.7 Å². The maximum absolute atomic E-state index is 13.9. The number of amidine groups is 1. The Bertz CT molecular complexity index is 2840. The van der Waals surface area contributed by atoms with Gasteiger partial charge in [-0.15, -0.1) is 0 Å². The maximum Gasteiger partial charge on any atom is 0.325 e. The molecule has 0 saturated carbocycles. The average molecular weight is 993 g/mol. The molecule has 0 bridgehead atoms.